The molecule has 3 rings (SSSR count). The maximum absolute atomic E-state index is 12.7. The van der Waals surface area contributed by atoms with Crippen molar-refractivity contribution >= 4 is 22.6 Å². The number of aromatic amines is 2. The Kier molecular flexibility index (Phi) is 3.44. The number of aromatic nitrogens is 2. The number of carbonyl (C=O) groups excluding carboxylic acids is 1. The van der Waals surface area contributed by atoms with Crippen molar-refractivity contribution in [3.05, 3.63) is 64.1 Å². The number of hydrogen-bond acceptors (Lipinski definition) is 2. The molecule has 118 valence electrons. The van der Waals surface area contributed by atoms with Gasteiger partial charge in [0.05, 0.1) is 16.6 Å². The van der Waals surface area contributed by atoms with Crippen LogP contribution in [0.1, 0.15) is 15.9 Å². The summed E-state index contributed by atoms with van der Waals surface area (Å²) >= 11 is 0. The number of anilines is 1. The van der Waals surface area contributed by atoms with Crippen LogP contribution in [0.3, 0.4) is 0 Å². The molecule has 0 saturated carbocycles. The normalized spacial score (nSPS) is 11.6. The first kappa shape index (κ1) is 14.9. The minimum Gasteiger partial charge on any atom is -0.322 e. The minimum atomic E-state index is -4.51. The smallest absolute Gasteiger partial charge is 0.322 e. The highest BCUT2D eigenvalue weighted by molar-refractivity contribution is 6.05. The van der Waals surface area contributed by atoms with Gasteiger partial charge in [0, 0.05) is 11.3 Å². The van der Waals surface area contributed by atoms with E-state index in [0.29, 0.717) is 16.7 Å². The molecular weight excluding hydrogens is 311 g/mol. The number of imidazole rings is 1. The van der Waals surface area contributed by atoms with Crippen molar-refractivity contribution in [1.29, 1.82) is 0 Å². The Morgan fingerprint density at radius 3 is 2.48 bits per heavy atom. The summed E-state index contributed by atoms with van der Waals surface area (Å²) in [6.45, 7) is 0. The molecule has 2 aromatic carbocycles. The first-order chi connectivity index (χ1) is 10.8. The quantitative estimate of drug-likeness (QED) is 0.678. The van der Waals surface area contributed by atoms with E-state index in [0.717, 1.165) is 12.1 Å². The van der Waals surface area contributed by atoms with Crippen molar-refractivity contribution in [3.8, 4) is 0 Å². The number of amides is 1. The Morgan fingerprint density at radius 1 is 1.00 bits per heavy atom. The second-order valence-electron chi connectivity index (χ2n) is 4.87. The van der Waals surface area contributed by atoms with Crippen LogP contribution in [-0.4, -0.2) is 15.9 Å². The number of alkyl halides is 3. The van der Waals surface area contributed by atoms with Gasteiger partial charge in [-0.1, -0.05) is 6.07 Å². The summed E-state index contributed by atoms with van der Waals surface area (Å²) in [7, 11) is 0. The van der Waals surface area contributed by atoms with Crippen molar-refractivity contribution < 1.29 is 18.0 Å². The first-order valence-electron chi connectivity index (χ1n) is 6.53. The van der Waals surface area contributed by atoms with E-state index in [1.54, 1.807) is 6.07 Å². The second kappa shape index (κ2) is 5.31. The third-order valence-corrected chi connectivity index (χ3v) is 3.23. The average Bonchev–Trinajstić information content (AvgIpc) is 2.86. The summed E-state index contributed by atoms with van der Waals surface area (Å²) < 4.78 is 38.0. The van der Waals surface area contributed by atoms with Gasteiger partial charge in [0.2, 0.25) is 0 Å². The van der Waals surface area contributed by atoms with E-state index in [9.17, 15) is 22.8 Å². The Bertz CT molecular complexity index is 941. The van der Waals surface area contributed by atoms with Crippen molar-refractivity contribution in [1.82, 2.24) is 9.97 Å². The predicted molar refractivity (Wildman–Crippen MR) is 78.3 cm³/mol. The molecule has 8 heteroatoms. The van der Waals surface area contributed by atoms with Crippen LogP contribution in [0.15, 0.2) is 47.3 Å². The molecule has 1 aromatic heterocycles. The molecule has 23 heavy (non-hydrogen) atoms. The molecule has 1 amide bonds. The summed E-state index contributed by atoms with van der Waals surface area (Å²) in [4.78, 5) is 28.3. The van der Waals surface area contributed by atoms with Gasteiger partial charge in [-0.15, -0.1) is 0 Å². The first-order valence-corrected chi connectivity index (χ1v) is 6.53. The fourth-order valence-corrected chi connectivity index (χ4v) is 2.15. The SMILES string of the molecule is O=C(Nc1ccc2[nH]c(=O)[nH]c2c1)c1cccc(C(F)(F)F)c1. The molecular formula is C15H10F3N3O2. The van der Waals surface area contributed by atoms with Crippen molar-refractivity contribution in [3.63, 3.8) is 0 Å². The van der Waals surface area contributed by atoms with Gasteiger partial charge >= 0.3 is 11.9 Å². The maximum Gasteiger partial charge on any atom is 0.416 e. The predicted octanol–water partition coefficient (Wildman–Crippen LogP) is 3.13. The lowest BCUT2D eigenvalue weighted by atomic mass is 10.1. The van der Waals surface area contributed by atoms with E-state index < -0.39 is 17.6 Å². The van der Waals surface area contributed by atoms with Gasteiger partial charge in [0.15, 0.2) is 0 Å². The van der Waals surface area contributed by atoms with Gasteiger partial charge in [-0.2, -0.15) is 13.2 Å². The summed E-state index contributed by atoms with van der Waals surface area (Å²) in [5.41, 5.74) is 0.0125. The molecule has 5 nitrogen and oxygen atoms in total. The van der Waals surface area contributed by atoms with Gasteiger partial charge in [-0.25, -0.2) is 4.79 Å². The van der Waals surface area contributed by atoms with Gasteiger partial charge in [-0.3, -0.25) is 4.79 Å². The number of halogens is 3. The summed E-state index contributed by atoms with van der Waals surface area (Å²) in [6, 6.07) is 8.77. The lowest BCUT2D eigenvalue weighted by molar-refractivity contribution is -0.137. The molecule has 0 bridgehead atoms. The molecule has 0 aliphatic rings. The average molecular weight is 321 g/mol. The van der Waals surface area contributed by atoms with Gasteiger partial charge in [-0.05, 0) is 36.4 Å². The number of benzene rings is 2. The number of fused-ring (bicyclic) bond motifs is 1. The third kappa shape index (κ3) is 3.10. The topological polar surface area (TPSA) is 77.8 Å². The van der Waals surface area contributed by atoms with E-state index in [4.69, 9.17) is 0 Å². The van der Waals surface area contributed by atoms with Crippen LogP contribution in [0.2, 0.25) is 0 Å². The number of hydrogen-bond donors (Lipinski definition) is 3. The molecule has 0 unspecified atom stereocenters. The molecule has 0 atom stereocenters. The van der Waals surface area contributed by atoms with Crippen LogP contribution in [-0.2, 0) is 6.18 Å². The number of rotatable bonds is 2. The molecule has 0 spiro atoms. The number of carbonyl (C=O) groups is 1. The third-order valence-electron chi connectivity index (χ3n) is 3.23. The van der Waals surface area contributed by atoms with Gasteiger partial charge in [0.1, 0.15) is 0 Å². The highest BCUT2D eigenvalue weighted by atomic mass is 19.4. The summed E-state index contributed by atoms with van der Waals surface area (Å²) in [5, 5.41) is 2.50. The van der Waals surface area contributed by atoms with Crippen LogP contribution in [0.4, 0.5) is 18.9 Å². The molecule has 3 N–H and O–H groups in total. The standard InChI is InChI=1S/C15H10F3N3O2/c16-15(17,18)9-3-1-2-8(6-9)13(22)19-10-4-5-11-12(7-10)21-14(23)20-11/h1-7H,(H,19,22)(H2,20,21,23). The van der Waals surface area contributed by atoms with Crippen LogP contribution < -0.4 is 11.0 Å². The monoisotopic (exact) mass is 321 g/mol. The van der Waals surface area contributed by atoms with Crippen molar-refractivity contribution in [2.45, 2.75) is 6.18 Å². The van der Waals surface area contributed by atoms with Crippen LogP contribution in [0.25, 0.3) is 11.0 Å². The Hall–Kier alpha value is -3.03. The maximum atomic E-state index is 12.7. The van der Waals surface area contributed by atoms with Gasteiger partial charge < -0.3 is 15.3 Å². The van der Waals surface area contributed by atoms with Gasteiger partial charge in [0.25, 0.3) is 5.91 Å². The molecule has 3 aromatic rings. The van der Waals surface area contributed by atoms with Crippen LogP contribution >= 0.6 is 0 Å². The zero-order chi connectivity index (χ0) is 16.6. The van der Waals surface area contributed by atoms with Crippen molar-refractivity contribution in [2.24, 2.45) is 0 Å². The Labute approximate surface area is 127 Å². The lowest BCUT2D eigenvalue weighted by Crippen LogP contribution is -2.13. The molecule has 1 heterocycles. The summed E-state index contributed by atoms with van der Waals surface area (Å²) in [5.74, 6) is -0.673. The number of nitrogens with one attached hydrogen (secondary N) is 3. The van der Waals surface area contributed by atoms with E-state index in [1.165, 1.54) is 24.3 Å². The fourth-order valence-electron chi connectivity index (χ4n) is 2.15. The van der Waals surface area contributed by atoms with Crippen LogP contribution in [0, 0.1) is 0 Å². The van der Waals surface area contributed by atoms with Crippen molar-refractivity contribution in [2.75, 3.05) is 5.32 Å². The highest BCUT2D eigenvalue weighted by Crippen LogP contribution is 2.29. The second-order valence-corrected chi connectivity index (χ2v) is 4.87. The zero-order valence-electron chi connectivity index (χ0n) is 11.5. The molecule has 0 fully saturated rings. The largest absolute Gasteiger partial charge is 0.416 e. The van der Waals surface area contributed by atoms with E-state index in [-0.39, 0.29) is 11.3 Å². The fraction of sp³-hybridized carbons (Fsp3) is 0.0667. The van der Waals surface area contributed by atoms with E-state index in [2.05, 4.69) is 15.3 Å². The Balaban J connectivity index is 1.86. The molecule has 0 radical (unpaired) electrons. The molecule has 0 aliphatic carbocycles. The van der Waals surface area contributed by atoms with E-state index in [1.807, 2.05) is 0 Å². The molecule has 0 saturated heterocycles. The molecule has 0 aliphatic heterocycles. The lowest BCUT2D eigenvalue weighted by Gasteiger charge is -2.09. The summed E-state index contributed by atoms with van der Waals surface area (Å²) in [6.07, 6.45) is -4.51. The highest BCUT2D eigenvalue weighted by Gasteiger charge is 2.30. The number of H-pyrrole nitrogens is 2. The van der Waals surface area contributed by atoms with E-state index >= 15 is 0 Å². The minimum absolute atomic E-state index is 0.109. The Morgan fingerprint density at radius 2 is 1.74 bits per heavy atom. The van der Waals surface area contributed by atoms with Crippen LogP contribution in [0.5, 0.6) is 0 Å². The zero-order valence-corrected chi connectivity index (χ0v) is 11.5.